The Bertz CT molecular complexity index is 1120. The summed E-state index contributed by atoms with van der Waals surface area (Å²) in [5.74, 6) is -0.186. The summed E-state index contributed by atoms with van der Waals surface area (Å²) in [4.78, 5) is 32.2. The summed E-state index contributed by atoms with van der Waals surface area (Å²) in [6.07, 6.45) is 2.00. The van der Waals surface area contributed by atoms with Gasteiger partial charge in [-0.3, -0.25) is 14.3 Å². The smallest absolute Gasteiger partial charge is 0.274 e. The maximum atomic E-state index is 14.2. The second-order valence-corrected chi connectivity index (χ2v) is 10.2. The largest absolute Gasteiger partial charge is 0.368 e. The van der Waals surface area contributed by atoms with E-state index >= 15 is 0 Å². The fourth-order valence-corrected chi connectivity index (χ4v) is 5.60. The Labute approximate surface area is 205 Å². The van der Waals surface area contributed by atoms with E-state index in [4.69, 9.17) is 0 Å². The number of aromatic nitrogens is 2. The second kappa shape index (κ2) is 9.60. The predicted octanol–water partition coefficient (Wildman–Crippen LogP) is 1.13. The Balaban J connectivity index is 1.25. The van der Waals surface area contributed by atoms with Gasteiger partial charge in [0.25, 0.3) is 5.91 Å². The first-order valence-electron chi connectivity index (χ1n) is 12.8. The average Bonchev–Trinajstić information content (AvgIpc) is 3.46. The van der Waals surface area contributed by atoms with E-state index in [0.717, 1.165) is 43.6 Å². The van der Waals surface area contributed by atoms with E-state index in [1.54, 1.807) is 9.58 Å². The first-order chi connectivity index (χ1) is 16.8. The van der Waals surface area contributed by atoms with Gasteiger partial charge in [-0.2, -0.15) is 5.10 Å². The van der Waals surface area contributed by atoms with Gasteiger partial charge in [-0.15, -0.1) is 0 Å². The molecule has 3 N–H and O–H groups in total. The number of amides is 2. The monoisotopic (exact) mass is 483 g/mol. The summed E-state index contributed by atoms with van der Waals surface area (Å²) in [6.45, 7) is 7.90. The van der Waals surface area contributed by atoms with Gasteiger partial charge in [0.05, 0.1) is 6.54 Å². The Morgan fingerprint density at radius 3 is 2.60 bits per heavy atom. The third-order valence-corrected chi connectivity index (χ3v) is 8.01. The van der Waals surface area contributed by atoms with Gasteiger partial charge in [0.2, 0.25) is 5.91 Å². The molecule has 1 aliphatic carbocycles. The highest BCUT2D eigenvalue weighted by molar-refractivity contribution is 5.94. The van der Waals surface area contributed by atoms with Crippen molar-refractivity contribution >= 4 is 17.5 Å². The molecule has 2 fully saturated rings. The number of piperidine rings is 1. The number of hydrogen-bond acceptors (Lipinski definition) is 4. The second-order valence-electron chi connectivity index (χ2n) is 10.2. The van der Waals surface area contributed by atoms with Gasteiger partial charge in [0.15, 0.2) is 11.9 Å². The van der Waals surface area contributed by atoms with Crippen molar-refractivity contribution in [2.45, 2.75) is 58.3 Å². The molecule has 2 atom stereocenters. The van der Waals surface area contributed by atoms with Crippen LogP contribution in [-0.2, 0) is 24.2 Å². The van der Waals surface area contributed by atoms with Crippen LogP contribution in [0.2, 0.25) is 0 Å². The van der Waals surface area contributed by atoms with E-state index in [9.17, 15) is 14.0 Å². The molecule has 35 heavy (non-hydrogen) atoms. The lowest BCUT2D eigenvalue weighted by Gasteiger charge is -2.37. The molecule has 0 radical (unpaired) electrons. The zero-order valence-corrected chi connectivity index (χ0v) is 20.8. The Morgan fingerprint density at radius 1 is 1.09 bits per heavy atom. The number of fused-ring (bicyclic) bond motifs is 1. The standard InChI is InChI=1S/C26H35FN6O2/c1-17-5-3-7-22(18(17)2)30-11-13-31(14-12-30)24(34)16-33-23-8-4-6-19(23)25(29-33)26(35)32-10-9-21(28)20(27)15-32/h3,5,7,20-21H,4,6,8-16,28H2,1-2H3/p+1/t20-,21+/m0/s1. The molecule has 3 heterocycles. The van der Waals surface area contributed by atoms with E-state index < -0.39 is 6.17 Å². The van der Waals surface area contributed by atoms with Crippen LogP contribution < -0.4 is 10.6 Å². The Kier molecular flexibility index (Phi) is 6.53. The maximum absolute atomic E-state index is 14.2. The molecule has 8 nitrogen and oxygen atoms in total. The molecule has 1 aromatic heterocycles. The van der Waals surface area contributed by atoms with E-state index in [1.165, 1.54) is 16.8 Å². The predicted molar refractivity (Wildman–Crippen MR) is 131 cm³/mol. The van der Waals surface area contributed by atoms with Gasteiger partial charge in [-0.1, -0.05) is 12.1 Å². The molecule has 5 rings (SSSR count). The van der Waals surface area contributed by atoms with Crippen molar-refractivity contribution in [1.29, 1.82) is 0 Å². The Morgan fingerprint density at radius 2 is 1.86 bits per heavy atom. The molecule has 0 saturated carbocycles. The summed E-state index contributed by atoms with van der Waals surface area (Å²) in [5.41, 5.74) is 9.97. The number of alkyl halides is 1. The van der Waals surface area contributed by atoms with Crippen LogP contribution in [0.1, 0.15) is 45.7 Å². The number of piperazine rings is 1. The van der Waals surface area contributed by atoms with Crippen LogP contribution in [0, 0.1) is 13.8 Å². The number of aryl methyl sites for hydroxylation is 1. The van der Waals surface area contributed by atoms with Crippen LogP contribution in [0.4, 0.5) is 10.1 Å². The molecule has 2 aromatic rings. The molecule has 0 spiro atoms. The topological polar surface area (TPSA) is 89.3 Å². The van der Waals surface area contributed by atoms with Crippen LogP contribution in [-0.4, -0.2) is 82.9 Å². The fourth-order valence-electron chi connectivity index (χ4n) is 5.60. The number of nitrogens with zero attached hydrogens (tertiary/aromatic N) is 5. The van der Waals surface area contributed by atoms with Gasteiger partial charge in [0.1, 0.15) is 12.6 Å². The summed E-state index contributed by atoms with van der Waals surface area (Å²) in [7, 11) is 0. The molecule has 0 bridgehead atoms. The molecule has 2 amide bonds. The van der Waals surface area contributed by atoms with E-state index in [0.29, 0.717) is 31.7 Å². The van der Waals surface area contributed by atoms with Crippen molar-refractivity contribution in [2.24, 2.45) is 0 Å². The highest BCUT2D eigenvalue weighted by Gasteiger charge is 2.36. The zero-order valence-electron chi connectivity index (χ0n) is 20.8. The van der Waals surface area contributed by atoms with Crippen LogP contribution >= 0.6 is 0 Å². The lowest BCUT2D eigenvalue weighted by atomic mass is 10.0. The number of anilines is 1. The molecular formula is C26H36FN6O2+. The molecule has 0 unspecified atom stereocenters. The van der Waals surface area contributed by atoms with Crippen molar-refractivity contribution in [3.63, 3.8) is 0 Å². The lowest BCUT2D eigenvalue weighted by molar-refractivity contribution is -0.437. The van der Waals surface area contributed by atoms with E-state index in [2.05, 4.69) is 47.8 Å². The molecular weight excluding hydrogens is 447 g/mol. The number of hydrogen-bond donors (Lipinski definition) is 1. The van der Waals surface area contributed by atoms with Crippen molar-refractivity contribution in [3.05, 3.63) is 46.3 Å². The molecule has 188 valence electrons. The minimum absolute atomic E-state index is 0.0310. The molecule has 9 heteroatoms. The summed E-state index contributed by atoms with van der Waals surface area (Å²) in [5, 5.41) is 4.60. The third kappa shape index (κ3) is 4.53. The van der Waals surface area contributed by atoms with Crippen molar-refractivity contribution < 1.29 is 19.7 Å². The van der Waals surface area contributed by atoms with Crippen LogP contribution in [0.5, 0.6) is 0 Å². The van der Waals surface area contributed by atoms with Crippen LogP contribution in [0.15, 0.2) is 18.2 Å². The van der Waals surface area contributed by atoms with Gasteiger partial charge in [0, 0.05) is 56.1 Å². The minimum atomic E-state index is -1.10. The molecule has 2 saturated heterocycles. The van der Waals surface area contributed by atoms with Gasteiger partial charge in [-0.25, -0.2) is 4.39 Å². The lowest BCUT2D eigenvalue weighted by Crippen LogP contribution is -2.70. The first-order valence-corrected chi connectivity index (χ1v) is 12.8. The number of quaternary nitrogens is 1. The fraction of sp³-hybridized carbons (Fsp3) is 0.577. The third-order valence-electron chi connectivity index (χ3n) is 8.01. The van der Waals surface area contributed by atoms with Crippen molar-refractivity contribution in [2.75, 3.05) is 44.2 Å². The highest BCUT2D eigenvalue weighted by Crippen LogP contribution is 2.28. The first kappa shape index (κ1) is 23.8. The number of carbonyl (C=O) groups is 2. The molecule has 2 aliphatic heterocycles. The summed E-state index contributed by atoms with van der Waals surface area (Å²) in [6, 6.07) is 6.09. The number of benzene rings is 1. The SMILES string of the molecule is Cc1cccc(N2CCN(C(=O)Cn3nc(C(=O)N4CC[C@@H]([NH3+])[C@@H](F)C4)c4c3CCC4)CC2)c1C. The van der Waals surface area contributed by atoms with Crippen molar-refractivity contribution in [3.8, 4) is 0 Å². The van der Waals surface area contributed by atoms with Crippen molar-refractivity contribution in [1.82, 2.24) is 19.6 Å². The summed E-state index contributed by atoms with van der Waals surface area (Å²) >= 11 is 0. The number of halogens is 1. The zero-order chi connectivity index (χ0) is 24.7. The van der Waals surface area contributed by atoms with Gasteiger partial charge >= 0.3 is 0 Å². The van der Waals surface area contributed by atoms with Gasteiger partial charge < -0.3 is 20.4 Å². The highest BCUT2D eigenvalue weighted by atomic mass is 19.1. The summed E-state index contributed by atoms with van der Waals surface area (Å²) < 4.78 is 15.9. The number of rotatable bonds is 4. The molecule has 3 aliphatic rings. The van der Waals surface area contributed by atoms with Crippen LogP contribution in [0.25, 0.3) is 0 Å². The van der Waals surface area contributed by atoms with Gasteiger partial charge in [-0.05, 0) is 50.3 Å². The maximum Gasteiger partial charge on any atom is 0.274 e. The Hall–Kier alpha value is -2.94. The normalized spacial score (nSPS) is 22.5. The van der Waals surface area contributed by atoms with E-state index in [1.807, 2.05) is 4.90 Å². The van der Waals surface area contributed by atoms with E-state index in [-0.39, 0.29) is 30.9 Å². The quantitative estimate of drug-likeness (QED) is 0.706. The minimum Gasteiger partial charge on any atom is -0.368 e. The number of carbonyl (C=O) groups excluding carboxylic acids is 2. The number of likely N-dealkylation sites (tertiary alicyclic amines) is 1. The van der Waals surface area contributed by atoms with Crippen LogP contribution in [0.3, 0.4) is 0 Å². The molecule has 1 aromatic carbocycles. The average molecular weight is 484 g/mol.